The maximum Gasteiger partial charge on any atom is 0.416 e. The van der Waals surface area contributed by atoms with Gasteiger partial charge in [-0.15, -0.1) is 0 Å². The number of rotatable bonds is 6. The summed E-state index contributed by atoms with van der Waals surface area (Å²) in [5, 5.41) is 11.3. The van der Waals surface area contributed by atoms with E-state index in [0.717, 1.165) is 59.5 Å². The molecule has 0 aliphatic heterocycles. The number of benzene rings is 2. The molecule has 2 aromatic heterocycles. The van der Waals surface area contributed by atoms with E-state index in [9.17, 15) is 18.0 Å². The molecule has 210 valence electrons. The van der Waals surface area contributed by atoms with Gasteiger partial charge < -0.3 is 16.4 Å². The van der Waals surface area contributed by atoms with Crippen LogP contribution in [-0.2, 0) is 24.4 Å². The highest BCUT2D eigenvalue weighted by Crippen LogP contribution is 2.33. The number of aromatic nitrogens is 4. The normalized spacial score (nSPS) is 17.7. The molecule has 4 N–H and O–H groups in total. The minimum absolute atomic E-state index is 0.0764. The molecule has 5 rings (SSSR count). The van der Waals surface area contributed by atoms with E-state index in [2.05, 4.69) is 20.7 Å². The third-order valence-corrected chi connectivity index (χ3v) is 7.48. The second kappa shape index (κ2) is 10.9. The smallest absolute Gasteiger partial charge is 0.351 e. The van der Waals surface area contributed by atoms with E-state index < -0.39 is 24.1 Å². The van der Waals surface area contributed by atoms with Crippen molar-refractivity contribution in [1.29, 1.82) is 0 Å². The first-order chi connectivity index (χ1) is 19.0. The van der Waals surface area contributed by atoms with Crippen LogP contribution in [0.25, 0.3) is 22.2 Å². The molecule has 2 heterocycles. The van der Waals surface area contributed by atoms with Crippen molar-refractivity contribution in [3.8, 4) is 11.3 Å². The molecule has 0 bridgehead atoms. The van der Waals surface area contributed by atoms with Crippen LogP contribution in [0.5, 0.6) is 0 Å². The fourth-order valence-corrected chi connectivity index (χ4v) is 5.32. The van der Waals surface area contributed by atoms with Crippen LogP contribution in [0, 0.1) is 13.8 Å². The molecule has 1 fully saturated rings. The monoisotopic (exact) mass is 551 g/mol. The molecule has 1 amide bonds. The van der Waals surface area contributed by atoms with Gasteiger partial charge in [-0.25, -0.2) is 9.97 Å². The number of nitrogens with two attached hydrogens (primary N) is 1. The number of halogens is 3. The maximum absolute atomic E-state index is 13.4. The highest BCUT2D eigenvalue weighted by atomic mass is 19.4. The van der Waals surface area contributed by atoms with Crippen LogP contribution in [0.1, 0.15) is 47.9 Å². The molecule has 1 aliphatic rings. The van der Waals surface area contributed by atoms with Crippen molar-refractivity contribution < 1.29 is 18.0 Å². The summed E-state index contributed by atoms with van der Waals surface area (Å²) in [5.74, 6) is 0.267. The van der Waals surface area contributed by atoms with Crippen molar-refractivity contribution >= 4 is 28.6 Å². The molecule has 1 saturated carbocycles. The lowest BCUT2D eigenvalue weighted by Gasteiger charge is -2.26. The zero-order valence-electron chi connectivity index (χ0n) is 22.6. The minimum atomic E-state index is -4.54. The number of aryl methyl sites for hydroxylation is 3. The van der Waals surface area contributed by atoms with Gasteiger partial charge in [-0.1, -0.05) is 23.8 Å². The fraction of sp³-hybridized carbons (Fsp3) is 0.379. The van der Waals surface area contributed by atoms with Gasteiger partial charge in [0.25, 0.3) is 0 Å². The first kappa shape index (κ1) is 27.6. The predicted octanol–water partition coefficient (Wildman–Crippen LogP) is 5.53. The number of nitrogens with one attached hydrogen (secondary N) is 2. The van der Waals surface area contributed by atoms with Gasteiger partial charge in [0.1, 0.15) is 0 Å². The second-order valence-electron chi connectivity index (χ2n) is 10.5. The van der Waals surface area contributed by atoms with Crippen LogP contribution in [0.4, 0.5) is 24.9 Å². The number of amides is 1. The van der Waals surface area contributed by atoms with E-state index in [-0.39, 0.29) is 17.4 Å². The van der Waals surface area contributed by atoms with Crippen molar-refractivity contribution in [1.82, 2.24) is 19.7 Å². The number of carbonyl (C=O) groups excluding carboxylic acids is 1. The van der Waals surface area contributed by atoms with E-state index in [1.165, 1.54) is 12.1 Å². The van der Waals surface area contributed by atoms with Gasteiger partial charge in [-0.2, -0.15) is 18.3 Å². The summed E-state index contributed by atoms with van der Waals surface area (Å²) in [6, 6.07) is 9.93. The third-order valence-electron chi connectivity index (χ3n) is 7.48. The Labute approximate surface area is 230 Å². The highest BCUT2D eigenvalue weighted by Gasteiger charge is 2.33. The SMILES string of the molecule is Cc1ccc(C(F)(F)F)c(CC(=O)Nc2cc(-c3ccc4nc(NC5CCC(N)CC5)ncc4c3C)n(C)n2)c1. The zero-order valence-corrected chi connectivity index (χ0v) is 22.6. The van der Waals surface area contributed by atoms with E-state index in [0.29, 0.717) is 17.6 Å². The average molecular weight is 552 g/mol. The standard InChI is InChI=1S/C29H32F3N7O/c1-16-4-10-23(29(30,31)32)18(12-16)13-27(40)37-26-14-25(39(3)38-26)21-9-11-24-22(17(21)2)15-34-28(36-24)35-20-7-5-19(33)6-8-20/h4,9-12,14-15,19-20H,5-8,13,33H2,1-3H3,(H,34,35,36)(H,37,38,40). The molecule has 0 radical (unpaired) electrons. The molecule has 4 aromatic rings. The highest BCUT2D eigenvalue weighted by molar-refractivity contribution is 5.93. The Morgan fingerprint density at radius 2 is 1.85 bits per heavy atom. The van der Waals surface area contributed by atoms with Crippen LogP contribution >= 0.6 is 0 Å². The summed E-state index contributed by atoms with van der Waals surface area (Å²) in [4.78, 5) is 22.0. The summed E-state index contributed by atoms with van der Waals surface area (Å²) < 4.78 is 41.9. The Hall–Kier alpha value is -3.99. The molecular weight excluding hydrogens is 519 g/mol. The Balaban J connectivity index is 1.33. The Morgan fingerprint density at radius 3 is 2.58 bits per heavy atom. The lowest BCUT2D eigenvalue weighted by atomic mass is 9.92. The van der Waals surface area contributed by atoms with E-state index in [1.54, 1.807) is 30.9 Å². The molecular formula is C29H32F3N7O. The Bertz CT molecular complexity index is 1560. The fourth-order valence-electron chi connectivity index (χ4n) is 5.32. The number of alkyl halides is 3. The first-order valence-corrected chi connectivity index (χ1v) is 13.3. The Kier molecular flexibility index (Phi) is 7.50. The van der Waals surface area contributed by atoms with Gasteiger partial charge in [0, 0.05) is 42.3 Å². The molecule has 0 atom stereocenters. The lowest BCUT2D eigenvalue weighted by Crippen LogP contribution is -2.33. The molecule has 40 heavy (non-hydrogen) atoms. The number of carbonyl (C=O) groups is 1. The Morgan fingerprint density at radius 1 is 1.10 bits per heavy atom. The largest absolute Gasteiger partial charge is 0.416 e. The third kappa shape index (κ3) is 5.94. The van der Waals surface area contributed by atoms with Crippen LogP contribution in [-0.4, -0.2) is 37.7 Å². The van der Waals surface area contributed by atoms with E-state index >= 15 is 0 Å². The molecule has 0 spiro atoms. The zero-order chi connectivity index (χ0) is 28.6. The summed E-state index contributed by atoms with van der Waals surface area (Å²) >= 11 is 0. The van der Waals surface area contributed by atoms with Gasteiger partial charge in [0.15, 0.2) is 5.82 Å². The van der Waals surface area contributed by atoms with Gasteiger partial charge >= 0.3 is 6.18 Å². The van der Waals surface area contributed by atoms with E-state index in [1.807, 2.05) is 19.1 Å². The van der Waals surface area contributed by atoms with Gasteiger partial charge in [-0.05, 0) is 62.8 Å². The first-order valence-electron chi connectivity index (χ1n) is 13.3. The van der Waals surface area contributed by atoms with Gasteiger partial charge in [-0.3, -0.25) is 9.48 Å². The topological polar surface area (TPSA) is 111 Å². The summed E-state index contributed by atoms with van der Waals surface area (Å²) in [7, 11) is 1.75. The van der Waals surface area contributed by atoms with Crippen LogP contribution in [0.2, 0.25) is 0 Å². The number of anilines is 2. The number of hydrogen-bond donors (Lipinski definition) is 3. The molecule has 1 aliphatic carbocycles. The summed E-state index contributed by atoms with van der Waals surface area (Å²) in [6.07, 6.45) is 0.807. The van der Waals surface area contributed by atoms with Crippen molar-refractivity contribution in [3.05, 3.63) is 64.8 Å². The molecule has 2 aromatic carbocycles. The van der Waals surface area contributed by atoms with Crippen molar-refractivity contribution in [2.75, 3.05) is 10.6 Å². The van der Waals surface area contributed by atoms with Crippen LogP contribution in [0.3, 0.4) is 0 Å². The predicted molar refractivity (Wildman–Crippen MR) is 149 cm³/mol. The lowest BCUT2D eigenvalue weighted by molar-refractivity contribution is -0.138. The van der Waals surface area contributed by atoms with Crippen LogP contribution in [0.15, 0.2) is 42.6 Å². The number of nitrogens with zero attached hydrogens (tertiary/aromatic N) is 4. The number of fused-ring (bicyclic) bond motifs is 1. The minimum Gasteiger partial charge on any atom is -0.351 e. The molecule has 0 saturated heterocycles. The van der Waals surface area contributed by atoms with Gasteiger partial charge in [0.2, 0.25) is 11.9 Å². The van der Waals surface area contributed by atoms with Crippen molar-refractivity contribution in [2.24, 2.45) is 12.8 Å². The van der Waals surface area contributed by atoms with Crippen molar-refractivity contribution in [2.45, 2.75) is 64.2 Å². The molecule has 11 heteroatoms. The second-order valence-corrected chi connectivity index (χ2v) is 10.5. The molecule has 8 nitrogen and oxygen atoms in total. The summed E-state index contributed by atoms with van der Waals surface area (Å²) in [5.41, 5.74) is 9.14. The number of hydrogen-bond acceptors (Lipinski definition) is 6. The quantitative estimate of drug-likeness (QED) is 0.291. The van der Waals surface area contributed by atoms with Gasteiger partial charge in [0.05, 0.1) is 23.2 Å². The summed E-state index contributed by atoms with van der Waals surface area (Å²) in [6.45, 7) is 3.66. The van der Waals surface area contributed by atoms with Crippen LogP contribution < -0.4 is 16.4 Å². The average Bonchev–Trinajstić information content (AvgIpc) is 3.24. The molecule has 0 unspecified atom stereocenters. The van der Waals surface area contributed by atoms with E-state index in [4.69, 9.17) is 10.7 Å². The maximum atomic E-state index is 13.4. The van der Waals surface area contributed by atoms with Crippen molar-refractivity contribution in [3.63, 3.8) is 0 Å².